The fourth-order valence-electron chi connectivity index (χ4n) is 2.48. The molecule has 1 aromatic carbocycles. The van der Waals surface area contributed by atoms with E-state index in [0.29, 0.717) is 0 Å². The van der Waals surface area contributed by atoms with Crippen molar-refractivity contribution in [3.63, 3.8) is 0 Å². The molecule has 0 aliphatic carbocycles. The summed E-state index contributed by atoms with van der Waals surface area (Å²) in [6, 6.07) is 8.46. The fraction of sp³-hybridized carbons (Fsp3) is 0.438. The Bertz CT molecular complexity index is 566. The van der Waals surface area contributed by atoms with Gasteiger partial charge in [-0.1, -0.05) is 25.1 Å². The van der Waals surface area contributed by atoms with Crippen LogP contribution in [-0.2, 0) is 6.42 Å². The fourth-order valence-corrected chi connectivity index (χ4v) is 2.48. The number of aryl methyl sites for hydroxylation is 1. The van der Waals surface area contributed by atoms with Gasteiger partial charge in [-0.3, -0.25) is 4.98 Å². The van der Waals surface area contributed by atoms with E-state index in [-0.39, 0.29) is 12.6 Å². The molecular formula is C16H22N2O. The van der Waals surface area contributed by atoms with Crippen molar-refractivity contribution in [3.8, 4) is 0 Å². The van der Waals surface area contributed by atoms with E-state index in [4.69, 9.17) is 5.11 Å². The lowest BCUT2D eigenvalue weighted by Crippen LogP contribution is -2.18. The molecule has 2 aromatic rings. The van der Waals surface area contributed by atoms with E-state index in [0.717, 1.165) is 29.4 Å². The quantitative estimate of drug-likeness (QED) is 0.865. The molecule has 0 amide bonds. The number of aliphatic hydroxyl groups excluding tert-OH is 1. The summed E-state index contributed by atoms with van der Waals surface area (Å²) in [5, 5.41) is 13.8. The van der Waals surface area contributed by atoms with Crippen molar-refractivity contribution < 1.29 is 5.11 Å². The Balaban J connectivity index is 2.54. The highest BCUT2D eigenvalue weighted by molar-refractivity contribution is 5.93. The largest absolute Gasteiger partial charge is 0.396 e. The Labute approximate surface area is 114 Å². The predicted octanol–water partition coefficient (Wildman–Crippen LogP) is 3.29. The molecule has 102 valence electrons. The third kappa shape index (κ3) is 2.87. The highest BCUT2D eigenvalue weighted by Crippen LogP contribution is 2.29. The Kier molecular flexibility index (Phi) is 4.38. The number of fused-ring (bicyclic) bond motifs is 1. The molecule has 1 aromatic heterocycles. The number of rotatable bonds is 5. The first-order valence-corrected chi connectivity index (χ1v) is 6.93. The van der Waals surface area contributed by atoms with E-state index < -0.39 is 0 Å². The molecule has 1 atom stereocenters. The number of para-hydroxylation sites is 1. The summed E-state index contributed by atoms with van der Waals surface area (Å²) in [7, 11) is 0. The lowest BCUT2D eigenvalue weighted by Gasteiger charge is -2.20. The van der Waals surface area contributed by atoms with Gasteiger partial charge in [-0.25, -0.2) is 0 Å². The lowest BCUT2D eigenvalue weighted by atomic mass is 10.0. The first-order valence-electron chi connectivity index (χ1n) is 6.93. The molecule has 0 bridgehead atoms. The third-order valence-electron chi connectivity index (χ3n) is 3.51. The average Bonchev–Trinajstić information content (AvgIpc) is 2.39. The lowest BCUT2D eigenvalue weighted by molar-refractivity contribution is 0.282. The maximum atomic E-state index is 9.06. The van der Waals surface area contributed by atoms with Crippen LogP contribution in [0.5, 0.6) is 0 Å². The Morgan fingerprint density at radius 2 is 2.05 bits per heavy atom. The first-order chi connectivity index (χ1) is 9.17. The van der Waals surface area contributed by atoms with E-state index in [1.165, 1.54) is 11.3 Å². The second kappa shape index (κ2) is 6.02. The van der Waals surface area contributed by atoms with Crippen molar-refractivity contribution in [1.82, 2.24) is 4.98 Å². The molecule has 0 radical (unpaired) electrons. The first kappa shape index (κ1) is 13.8. The maximum Gasteiger partial charge on any atom is 0.0726 e. The number of nitrogens with zero attached hydrogens (tertiary/aromatic N) is 1. The van der Waals surface area contributed by atoms with Gasteiger partial charge in [0.25, 0.3) is 0 Å². The van der Waals surface area contributed by atoms with Crippen LogP contribution in [0, 0.1) is 6.92 Å². The zero-order chi connectivity index (χ0) is 13.8. The van der Waals surface area contributed by atoms with Gasteiger partial charge in [0.05, 0.1) is 5.52 Å². The number of benzene rings is 1. The Morgan fingerprint density at radius 1 is 1.32 bits per heavy atom. The minimum absolute atomic E-state index is 0.206. The molecule has 0 aliphatic rings. The Morgan fingerprint density at radius 3 is 2.74 bits per heavy atom. The van der Waals surface area contributed by atoms with E-state index in [1.807, 2.05) is 18.2 Å². The molecule has 0 fully saturated rings. The minimum Gasteiger partial charge on any atom is -0.396 e. The van der Waals surface area contributed by atoms with Crippen molar-refractivity contribution in [2.45, 2.75) is 39.7 Å². The monoisotopic (exact) mass is 258 g/mol. The van der Waals surface area contributed by atoms with Crippen molar-refractivity contribution in [2.24, 2.45) is 0 Å². The predicted molar refractivity (Wildman–Crippen MR) is 80.6 cm³/mol. The van der Waals surface area contributed by atoms with Gasteiger partial charge in [-0.15, -0.1) is 0 Å². The van der Waals surface area contributed by atoms with Crippen molar-refractivity contribution in [1.29, 1.82) is 0 Å². The van der Waals surface area contributed by atoms with Crippen LogP contribution in [0.3, 0.4) is 0 Å². The molecule has 1 heterocycles. The summed E-state index contributed by atoms with van der Waals surface area (Å²) in [6.45, 7) is 6.52. The van der Waals surface area contributed by atoms with E-state index in [9.17, 15) is 0 Å². The number of anilines is 1. The second-order valence-electron chi connectivity index (χ2n) is 4.98. The molecule has 2 rings (SSSR count). The zero-order valence-corrected chi connectivity index (χ0v) is 11.9. The van der Waals surface area contributed by atoms with Gasteiger partial charge in [-0.05, 0) is 38.3 Å². The number of nitrogens with one attached hydrogen (secondary N) is 1. The topological polar surface area (TPSA) is 45.2 Å². The highest BCUT2D eigenvalue weighted by atomic mass is 16.3. The minimum atomic E-state index is 0.206. The summed E-state index contributed by atoms with van der Waals surface area (Å²) < 4.78 is 0. The van der Waals surface area contributed by atoms with Crippen LogP contribution in [-0.4, -0.2) is 22.7 Å². The maximum absolute atomic E-state index is 9.06. The summed E-state index contributed by atoms with van der Waals surface area (Å²) in [5.74, 6) is 0. The standard InChI is InChI=1S/C16H22N2O/c1-4-13-12(3)18-15-8-6-5-7-14(15)16(13)17-11(2)9-10-19/h5-8,11,19H,4,9-10H2,1-3H3,(H,17,18)/t11-/m0/s1. The molecule has 0 aliphatic heterocycles. The van der Waals surface area contributed by atoms with Crippen LogP contribution in [0.1, 0.15) is 31.5 Å². The van der Waals surface area contributed by atoms with Crippen LogP contribution in [0.25, 0.3) is 10.9 Å². The van der Waals surface area contributed by atoms with Gasteiger partial charge in [0.1, 0.15) is 0 Å². The second-order valence-corrected chi connectivity index (χ2v) is 4.98. The van der Waals surface area contributed by atoms with Crippen LogP contribution >= 0.6 is 0 Å². The van der Waals surface area contributed by atoms with Gasteiger partial charge < -0.3 is 10.4 Å². The number of aliphatic hydroxyl groups is 1. The summed E-state index contributed by atoms with van der Waals surface area (Å²) >= 11 is 0. The SMILES string of the molecule is CCc1c(C)nc2ccccc2c1N[C@@H](C)CCO. The van der Waals surface area contributed by atoms with Gasteiger partial charge in [0.15, 0.2) is 0 Å². The number of pyridine rings is 1. The zero-order valence-electron chi connectivity index (χ0n) is 11.9. The van der Waals surface area contributed by atoms with E-state index in [1.54, 1.807) is 0 Å². The van der Waals surface area contributed by atoms with Gasteiger partial charge >= 0.3 is 0 Å². The molecule has 0 saturated carbocycles. The molecule has 2 N–H and O–H groups in total. The number of hydrogen-bond donors (Lipinski definition) is 2. The number of aromatic nitrogens is 1. The third-order valence-corrected chi connectivity index (χ3v) is 3.51. The molecule has 3 nitrogen and oxygen atoms in total. The van der Waals surface area contributed by atoms with Crippen LogP contribution in [0.4, 0.5) is 5.69 Å². The molecule has 0 unspecified atom stereocenters. The summed E-state index contributed by atoms with van der Waals surface area (Å²) in [5.41, 5.74) is 4.55. The molecule has 0 spiro atoms. The van der Waals surface area contributed by atoms with Crippen LogP contribution in [0.2, 0.25) is 0 Å². The van der Waals surface area contributed by atoms with Crippen molar-refractivity contribution in [2.75, 3.05) is 11.9 Å². The summed E-state index contributed by atoms with van der Waals surface area (Å²) in [6.07, 6.45) is 1.71. The smallest absolute Gasteiger partial charge is 0.0726 e. The number of hydrogen-bond acceptors (Lipinski definition) is 3. The van der Waals surface area contributed by atoms with Gasteiger partial charge in [-0.2, -0.15) is 0 Å². The van der Waals surface area contributed by atoms with E-state index in [2.05, 4.69) is 37.1 Å². The van der Waals surface area contributed by atoms with Crippen molar-refractivity contribution in [3.05, 3.63) is 35.5 Å². The van der Waals surface area contributed by atoms with Gasteiger partial charge in [0.2, 0.25) is 0 Å². The highest BCUT2D eigenvalue weighted by Gasteiger charge is 2.12. The van der Waals surface area contributed by atoms with Gasteiger partial charge in [0, 0.05) is 29.4 Å². The summed E-state index contributed by atoms with van der Waals surface area (Å²) in [4.78, 5) is 4.67. The molecule has 3 heteroatoms. The average molecular weight is 258 g/mol. The molecule has 0 saturated heterocycles. The van der Waals surface area contributed by atoms with Crippen molar-refractivity contribution >= 4 is 16.6 Å². The Hall–Kier alpha value is -1.61. The van der Waals surface area contributed by atoms with Crippen LogP contribution in [0.15, 0.2) is 24.3 Å². The van der Waals surface area contributed by atoms with E-state index >= 15 is 0 Å². The molecular weight excluding hydrogens is 236 g/mol. The normalized spacial score (nSPS) is 12.6. The molecule has 19 heavy (non-hydrogen) atoms. The van der Waals surface area contributed by atoms with Crippen LogP contribution < -0.4 is 5.32 Å².